The van der Waals surface area contributed by atoms with Gasteiger partial charge in [0.05, 0.1) is 6.10 Å². The number of hydrogen-bond acceptors (Lipinski definition) is 5. The molecule has 0 radical (unpaired) electrons. The van der Waals surface area contributed by atoms with E-state index in [1.807, 2.05) is 20.8 Å². The Morgan fingerprint density at radius 3 is 2.76 bits per heavy atom. The molecule has 2 aromatic rings. The SMILES string of the molecule is CC(C)(C)c1nc2cc(C(O)CN)cnc2o1. The molecule has 2 rings (SSSR count). The molecule has 1 atom stereocenters. The Hall–Kier alpha value is -1.46. The van der Waals surface area contributed by atoms with Crippen LogP contribution in [0, 0.1) is 0 Å². The minimum atomic E-state index is -0.707. The van der Waals surface area contributed by atoms with Crippen molar-refractivity contribution in [2.24, 2.45) is 5.73 Å². The van der Waals surface area contributed by atoms with Gasteiger partial charge in [0.25, 0.3) is 0 Å². The molecule has 0 aliphatic rings. The van der Waals surface area contributed by atoms with Crippen LogP contribution in [0.15, 0.2) is 16.7 Å². The van der Waals surface area contributed by atoms with Crippen LogP contribution in [0.3, 0.4) is 0 Å². The lowest BCUT2D eigenvalue weighted by Gasteiger charge is -2.11. The number of aliphatic hydroxyl groups excluding tert-OH is 1. The smallest absolute Gasteiger partial charge is 0.246 e. The van der Waals surface area contributed by atoms with E-state index in [9.17, 15) is 5.11 Å². The molecule has 0 bridgehead atoms. The average molecular weight is 235 g/mol. The predicted molar refractivity (Wildman–Crippen MR) is 64.5 cm³/mol. The molecule has 0 saturated heterocycles. The minimum absolute atomic E-state index is 0.159. The first kappa shape index (κ1) is 12.0. The summed E-state index contributed by atoms with van der Waals surface area (Å²) in [5.41, 5.74) is 7.04. The Balaban J connectivity index is 2.48. The van der Waals surface area contributed by atoms with Gasteiger partial charge in [0.1, 0.15) is 5.52 Å². The van der Waals surface area contributed by atoms with Gasteiger partial charge in [0.15, 0.2) is 0 Å². The Labute approximate surface area is 99.7 Å². The average Bonchev–Trinajstić information content (AvgIpc) is 2.70. The number of oxazole rings is 1. The molecule has 5 nitrogen and oxygen atoms in total. The first-order chi connectivity index (χ1) is 7.91. The van der Waals surface area contributed by atoms with Crippen molar-refractivity contribution in [2.75, 3.05) is 6.54 Å². The molecule has 92 valence electrons. The molecule has 5 heteroatoms. The lowest BCUT2D eigenvalue weighted by Crippen LogP contribution is -2.11. The van der Waals surface area contributed by atoms with Crippen LogP contribution in [-0.2, 0) is 5.41 Å². The Morgan fingerprint density at radius 2 is 2.18 bits per heavy atom. The maximum Gasteiger partial charge on any atom is 0.246 e. The quantitative estimate of drug-likeness (QED) is 0.824. The second kappa shape index (κ2) is 4.09. The van der Waals surface area contributed by atoms with E-state index in [1.54, 1.807) is 12.3 Å². The van der Waals surface area contributed by atoms with Crippen molar-refractivity contribution in [3.05, 3.63) is 23.7 Å². The van der Waals surface area contributed by atoms with E-state index in [2.05, 4.69) is 9.97 Å². The molecule has 0 saturated carbocycles. The van der Waals surface area contributed by atoms with Gasteiger partial charge in [-0.3, -0.25) is 0 Å². The van der Waals surface area contributed by atoms with Crippen molar-refractivity contribution in [1.82, 2.24) is 9.97 Å². The molecule has 17 heavy (non-hydrogen) atoms. The summed E-state index contributed by atoms with van der Waals surface area (Å²) < 4.78 is 5.57. The summed E-state index contributed by atoms with van der Waals surface area (Å²) in [5, 5.41) is 9.63. The maximum absolute atomic E-state index is 9.63. The van der Waals surface area contributed by atoms with Gasteiger partial charge in [-0.15, -0.1) is 0 Å². The second-order valence-corrected chi connectivity index (χ2v) is 5.11. The van der Waals surface area contributed by atoms with Gasteiger partial charge in [0, 0.05) is 23.7 Å². The number of fused-ring (bicyclic) bond motifs is 1. The molecule has 3 N–H and O–H groups in total. The fourth-order valence-electron chi connectivity index (χ4n) is 1.48. The van der Waals surface area contributed by atoms with E-state index in [0.717, 1.165) is 0 Å². The van der Waals surface area contributed by atoms with Crippen molar-refractivity contribution in [3.8, 4) is 0 Å². The highest BCUT2D eigenvalue weighted by molar-refractivity contribution is 5.68. The van der Waals surface area contributed by atoms with Crippen LogP contribution in [0.2, 0.25) is 0 Å². The monoisotopic (exact) mass is 235 g/mol. The van der Waals surface area contributed by atoms with Gasteiger partial charge in [-0.25, -0.2) is 9.97 Å². The standard InChI is InChI=1S/C12H17N3O2/c1-12(2,3)11-15-8-4-7(9(16)5-13)6-14-10(8)17-11/h4,6,9,16H,5,13H2,1-3H3. The van der Waals surface area contributed by atoms with Gasteiger partial charge >= 0.3 is 0 Å². The predicted octanol–water partition coefficient (Wildman–Crippen LogP) is 1.51. The molecule has 2 heterocycles. The van der Waals surface area contributed by atoms with Crippen molar-refractivity contribution >= 4 is 11.2 Å². The van der Waals surface area contributed by atoms with Gasteiger partial charge in [-0.2, -0.15) is 0 Å². The van der Waals surface area contributed by atoms with Crippen LogP contribution in [0.25, 0.3) is 11.2 Å². The maximum atomic E-state index is 9.63. The van der Waals surface area contributed by atoms with Gasteiger partial charge in [-0.1, -0.05) is 20.8 Å². The topological polar surface area (TPSA) is 85.2 Å². The van der Waals surface area contributed by atoms with Crippen LogP contribution in [-0.4, -0.2) is 21.6 Å². The first-order valence-corrected chi connectivity index (χ1v) is 5.57. The van der Waals surface area contributed by atoms with Crippen molar-refractivity contribution in [2.45, 2.75) is 32.3 Å². The number of aromatic nitrogens is 2. The van der Waals surface area contributed by atoms with Crippen molar-refractivity contribution in [1.29, 1.82) is 0 Å². The molecule has 2 aromatic heterocycles. The highest BCUT2D eigenvalue weighted by Crippen LogP contribution is 2.25. The third-order valence-electron chi connectivity index (χ3n) is 2.52. The summed E-state index contributed by atoms with van der Waals surface area (Å²) in [6.07, 6.45) is 0.860. The summed E-state index contributed by atoms with van der Waals surface area (Å²) in [6.45, 7) is 6.23. The number of rotatable bonds is 2. The van der Waals surface area contributed by atoms with E-state index in [1.165, 1.54) is 0 Å². The normalized spacial score (nSPS) is 14.2. The number of pyridine rings is 1. The fraction of sp³-hybridized carbons (Fsp3) is 0.500. The Kier molecular flexibility index (Phi) is 2.89. The summed E-state index contributed by atoms with van der Waals surface area (Å²) in [7, 11) is 0. The zero-order valence-corrected chi connectivity index (χ0v) is 10.3. The summed E-state index contributed by atoms with van der Waals surface area (Å²) in [6, 6.07) is 1.76. The van der Waals surface area contributed by atoms with Gasteiger partial charge in [-0.05, 0) is 6.07 Å². The molecule has 0 aromatic carbocycles. The molecular formula is C12H17N3O2. The van der Waals surface area contributed by atoms with Crippen LogP contribution in [0.1, 0.15) is 38.3 Å². The Bertz CT molecular complexity index is 528. The number of hydrogen-bond donors (Lipinski definition) is 2. The van der Waals surface area contributed by atoms with Crippen molar-refractivity contribution < 1.29 is 9.52 Å². The number of nitrogens with zero attached hydrogens (tertiary/aromatic N) is 2. The number of nitrogens with two attached hydrogens (primary N) is 1. The Morgan fingerprint density at radius 1 is 1.47 bits per heavy atom. The third kappa shape index (κ3) is 2.30. The first-order valence-electron chi connectivity index (χ1n) is 5.57. The van der Waals surface area contributed by atoms with E-state index in [-0.39, 0.29) is 12.0 Å². The zero-order valence-electron chi connectivity index (χ0n) is 10.3. The highest BCUT2D eigenvalue weighted by atomic mass is 16.4. The van der Waals surface area contributed by atoms with E-state index in [0.29, 0.717) is 22.7 Å². The fourth-order valence-corrected chi connectivity index (χ4v) is 1.48. The largest absolute Gasteiger partial charge is 0.422 e. The van der Waals surface area contributed by atoms with Crippen LogP contribution >= 0.6 is 0 Å². The van der Waals surface area contributed by atoms with Crippen LogP contribution < -0.4 is 5.73 Å². The van der Waals surface area contributed by atoms with Crippen LogP contribution in [0.4, 0.5) is 0 Å². The minimum Gasteiger partial charge on any atom is -0.422 e. The second-order valence-electron chi connectivity index (χ2n) is 5.11. The highest BCUT2D eigenvalue weighted by Gasteiger charge is 2.21. The van der Waals surface area contributed by atoms with E-state index in [4.69, 9.17) is 10.2 Å². The van der Waals surface area contributed by atoms with E-state index >= 15 is 0 Å². The summed E-state index contributed by atoms with van der Waals surface area (Å²) in [5.74, 6) is 0.638. The summed E-state index contributed by atoms with van der Waals surface area (Å²) >= 11 is 0. The lowest BCUT2D eigenvalue weighted by atomic mass is 9.97. The molecule has 0 aliphatic heterocycles. The molecule has 0 fully saturated rings. The lowest BCUT2D eigenvalue weighted by molar-refractivity contribution is 0.186. The van der Waals surface area contributed by atoms with E-state index < -0.39 is 6.10 Å². The zero-order chi connectivity index (χ0) is 12.6. The molecule has 0 amide bonds. The van der Waals surface area contributed by atoms with Gasteiger partial charge in [0.2, 0.25) is 11.6 Å². The number of aliphatic hydroxyl groups is 1. The molecule has 0 aliphatic carbocycles. The molecule has 0 spiro atoms. The van der Waals surface area contributed by atoms with Crippen LogP contribution in [0.5, 0.6) is 0 Å². The van der Waals surface area contributed by atoms with Crippen molar-refractivity contribution in [3.63, 3.8) is 0 Å². The van der Waals surface area contributed by atoms with Gasteiger partial charge < -0.3 is 15.3 Å². The molecular weight excluding hydrogens is 218 g/mol. The summed E-state index contributed by atoms with van der Waals surface area (Å²) in [4.78, 5) is 8.52. The third-order valence-corrected chi connectivity index (χ3v) is 2.52. The molecule has 1 unspecified atom stereocenters.